The van der Waals surface area contributed by atoms with Crippen LogP contribution in [0.5, 0.6) is 0 Å². The van der Waals surface area contributed by atoms with Crippen molar-refractivity contribution in [2.24, 2.45) is 5.41 Å². The van der Waals surface area contributed by atoms with Crippen LogP contribution >= 0.6 is 0 Å². The van der Waals surface area contributed by atoms with Crippen molar-refractivity contribution < 1.29 is 14.7 Å². The molecule has 0 unspecified atom stereocenters. The molecule has 0 spiro atoms. The van der Waals surface area contributed by atoms with Crippen molar-refractivity contribution in [3.8, 4) is 0 Å². The summed E-state index contributed by atoms with van der Waals surface area (Å²) in [6.07, 6.45) is 5.67. The normalized spacial score (nSPS) is 15.3. The van der Waals surface area contributed by atoms with Gasteiger partial charge in [0.25, 0.3) is 5.91 Å². The number of amides is 1. The van der Waals surface area contributed by atoms with Crippen LogP contribution in [0.1, 0.15) is 45.7 Å². The van der Waals surface area contributed by atoms with Gasteiger partial charge >= 0.3 is 5.97 Å². The zero-order valence-electron chi connectivity index (χ0n) is 13.4. The number of benzene rings is 1. The number of nitrogens with zero attached hydrogens (tertiary/aromatic N) is 1. The summed E-state index contributed by atoms with van der Waals surface area (Å²) in [7, 11) is 0. The highest BCUT2D eigenvalue weighted by Gasteiger charge is 2.37. The highest BCUT2D eigenvalue weighted by Crippen LogP contribution is 2.43. The third-order valence-electron chi connectivity index (χ3n) is 4.70. The van der Waals surface area contributed by atoms with Crippen LogP contribution in [0.15, 0.2) is 48.7 Å². The first-order valence-electron chi connectivity index (χ1n) is 8.10. The summed E-state index contributed by atoms with van der Waals surface area (Å²) in [5, 5.41) is 11.9. The Morgan fingerprint density at radius 2 is 1.92 bits per heavy atom. The van der Waals surface area contributed by atoms with Gasteiger partial charge in [0.15, 0.2) is 0 Å². The number of pyridine rings is 1. The number of aromatic carboxylic acids is 1. The lowest BCUT2D eigenvalue weighted by atomic mass is 9.65. The molecule has 1 heterocycles. The van der Waals surface area contributed by atoms with Crippen LogP contribution in [0.25, 0.3) is 0 Å². The number of hydrogen-bond donors (Lipinski definition) is 2. The second-order valence-electron chi connectivity index (χ2n) is 6.43. The highest BCUT2D eigenvalue weighted by atomic mass is 16.4. The summed E-state index contributed by atoms with van der Waals surface area (Å²) in [5.41, 5.74) is 1.60. The number of nitrogens with one attached hydrogen (secondary N) is 1. The predicted molar refractivity (Wildman–Crippen MR) is 90.0 cm³/mol. The van der Waals surface area contributed by atoms with Crippen molar-refractivity contribution >= 4 is 11.9 Å². The molecule has 1 aliphatic rings. The molecule has 5 nitrogen and oxygen atoms in total. The first-order valence-corrected chi connectivity index (χ1v) is 8.10. The minimum absolute atomic E-state index is 0.111. The van der Waals surface area contributed by atoms with Crippen molar-refractivity contribution in [2.45, 2.75) is 25.7 Å². The molecule has 1 aromatic carbocycles. The van der Waals surface area contributed by atoms with E-state index >= 15 is 0 Å². The summed E-state index contributed by atoms with van der Waals surface area (Å²) < 4.78 is 0. The minimum Gasteiger partial charge on any atom is -0.477 e. The molecule has 0 atom stereocenters. The van der Waals surface area contributed by atoms with E-state index < -0.39 is 5.97 Å². The van der Waals surface area contributed by atoms with Gasteiger partial charge in [-0.15, -0.1) is 0 Å². The average Bonchev–Trinajstić information content (AvgIpc) is 2.58. The van der Waals surface area contributed by atoms with E-state index in [2.05, 4.69) is 22.4 Å². The van der Waals surface area contributed by atoms with E-state index in [1.165, 1.54) is 30.3 Å². The number of carbonyl (C=O) groups excluding carboxylic acids is 1. The van der Waals surface area contributed by atoms with Crippen LogP contribution in [0, 0.1) is 5.41 Å². The van der Waals surface area contributed by atoms with E-state index in [4.69, 9.17) is 5.11 Å². The molecule has 1 fully saturated rings. The van der Waals surface area contributed by atoms with Crippen LogP contribution in [-0.2, 0) is 6.42 Å². The molecule has 0 saturated heterocycles. The van der Waals surface area contributed by atoms with Gasteiger partial charge in [-0.2, -0.15) is 0 Å². The van der Waals surface area contributed by atoms with E-state index in [1.54, 1.807) is 0 Å². The standard InChI is InChI=1S/C19H20N2O3/c22-17(15-7-10-20-16(11-15)18(23)24)21-13-19(8-4-9-19)12-14-5-2-1-3-6-14/h1-3,5-7,10-11H,4,8-9,12-13H2,(H,21,22)(H,23,24). The van der Waals surface area contributed by atoms with E-state index in [1.807, 2.05) is 18.2 Å². The molecule has 5 heteroatoms. The van der Waals surface area contributed by atoms with Gasteiger partial charge in [-0.3, -0.25) is 4.79 Å². The molecule has 2 N–H and O–H groups in total. The van der Waals surface area contributed by atoms with Gasteiger partial charge in [0, 0.05) is 18.3 Å². The second-order valence-corrected chi connectivity index (χ2v) is 6.43. The fourth-order valence-electron chi connectivity index (χ4n) is 3.18. The summed E-state index contributed by atoms with van der Waals surface area (Å²) >= 11 is 0. The Kier molecular flexibility index (Phi) is 4.60. The van der Waals surface area contributed by atoms with Gasteiger partial charge in [-0.25, -0.2) is 9.78 Å². The summed E-state index contributed by atoms with van der Waals surface area (Å²) in [6.45, 7) is 0.603. The van der Waals surface area contributed by atoms with Crippen molar-refractivity contribution in [1.82, 2.24) is 10.3 Å². The van der Waals surface area contributed by atoms with Crippen molar-refractivity contribution in [3.05, 3.63) is 65.5 Å². The molecular weight excluding hydrogens is 304 g/mol. The smallest absolute Gasteiger partial charge is 0.354 e. The van der Waals surface area contributed by atoms with Gasteiger partial charge in [0.2, 0.25) is 0 Å². The number of aromatic nitrogens is 1. The topological polar surface area (TPSA) is 79.3 Å². The number of carbonyl (C=O) groups is 2. The predicted octanol–water partition coefficient (Wildman–Crippen LogP) is 2.92. The quantitative estimate of drug-likeness (QED) is 0.856. The van der Waals surface area contributed by atoms with Crippen molar-refractivity contribution in [1.29, 1.82) is 0 Å². The first kappa shape index (κ1) is 16.2. The van der Waals surface area contributed by atoms with Gasteiger partial charge in [0.05, 0.1) is 0 Å². The highest BCUT2D eigenvalue weighted by molar-refractivity contribution is 5.96. The van der Waals surface area contributed by atoms with Crippen LogP contribution < -0.4 is 5.32 Å². The zero-order chi connectivity index (χ0) is 17.0. The molecule has 1 saturated carbocycles. The first-order chi connectivity index (χ1) is 11.6. The van der Waals surface area contributed by atoms with E-state index in [-0.39, 0.29) is 17.0 Å². The molecule has 2 aromatic rings. The van der Waals surface area contributed by atoms with Crippen LogP contribution in [0.2, 0.25) is 0 Å². The Labute approximate surface area is 140 Å². The lowest BCUT2D eigenvalue weighted by Gasteiger charge is -2.42. The fourth-order valence-corrected chi connectivity index (χ4v) is 3.18. The van der Waals surface area contributed by atoms with E-state index in [0.717, 1.165) is 19.3 Å². The Hall–Kier alpha value is -2.69. The molecule has 1 amide bonds. The molecule has 1 aromatic heterocycles. The van der Waals surface area contributed by atoms with Crippen LogP contribution in [0.4, 0.5) is 0 Å². The molecule has 124 valence electrons. The maximum absolute atomic E-state index is 12.3. The number of carboxylic acid groups (broad SMARTS) is 1. The van der Waals surface area contributed by atoms with Crippen molar-refractivity contribution in [2.75, 3.05) is 6.54 Å². The summed E-state index contributed by atoms with van der Waals surface area (Å²) in [5.74, 6) is -1.39. The van der Waals surface area contributed by atoms with Crippen molar-refractivity contribution in [3.63, 3.8) is 0 Å². The van der Waals surface area contributed by atoms with Crippen LogP contribution in [-0.4, -0.2) is 28.5 Å². The zero-order valence-corrected chi connectivity index (χ0v) is 13.4. The monoisotopic (exact) mass is 324 g/mol. The molecule has 1 aliphatic carbocycles. The average molecular weight is 324 g/mol. The Balaban J connectivity index is 1.64. The largest absolute Gasteiger partial charge is 0.477 e. The maximum atomic E-state index is 12.3. The molecule has 0 aliphatic heterocycles. The van der Waals surface area contributed by atoms with E-state index in [0.29, 0.717) is 12.1 Å². The molecular formula is C19H20N2O3. The lowest BCUT2D eigenvalue weighted by molar-refractivity contribution is 0.0690. The van der Waals surface area contributed by atoms with Crippen LogP contribution in [0.3, 0.4) is 0 Å². The number of rotatable bonds is 6. The summed E-state index contributed by atoms with van der Waals surface area (Å²) in [6, 6.07) is 13.1. The maximum Gasteiger partial charge on any atom is 0.354 e. The Morgan fingerprint density at radius 1 is 1.17 bits per heavy atom. The minimum atomic E-state index is -1.14. The fraction of sp³-hybridized carbons (Fsp3) is 0.316. The Bertz CT molecular complexity index is 739. The third-order valence-corrected chi connectivity index (χ3v) is 4.70. The van der Waals surface area contributed by atoms with Gasteiger partial charge < -0.3 is 10.4 Å². The van der Waals surface area contributed by atoms with Gasteiger partial charge in [-0.05, 0) is 42.4 Å². The summed E-state index contributed by atoms with van der Waals surface area (Å²) in [4.78, 5) is 27.0. The molecule has 0 bridgehead atoms. The van der Waals surface area contributed by atoms with E-state index in [9.17, 15) is 9.59 Å². The molecule has 24 heavy (non-hydrogen) atoms. The SMILES string of the molecule is O=C(NCC1(Cc2ccccc2)CCC1)c1ccnc(C(=O)O)c1. The van der Waals surface area contributed by atoms with Gasteiger partial charge in [0.1, 0.15) is 5.69 Å². The number of carboxylic acids is 1. The molecule has 3 rings (SSSR count). The number of hydrogen-bond acceptors (Lipinski definition) is 3. The lowest BCUT2D eigenvalue weighted by Crippen LogP contribution is -2.43. The molecule has 0 radical (unpaired) electrons. The Morgan fingerprint density at radius 3 is 2.54 bits per heavy atom. The third kappa shape index (κ3) is 3.62. The van der Waals surface area contributed by atoms with Gasteiger partial charge in [-0.1, -0.05) is 36.8 Å². The second kappa shape index (κ2) is 6.83.